The largest absolute Gasteiger partial charge is 0.399 e. The second-order valence-corrected chi connectivity index (χ2v) is 4.91. The van der Waals surface area contributed by atoms with Crippen molar-refractivity contribution in [2.24, 2.45) is 0 Å². The van der Waals surface area contributed by atoms with Crippen molar-refractivity contribution >= 4 is 28.7 Å². The first-order valence-corrected chi connectivity index (χ1v) is 6.68. The molecule has 0 unspecified atom stereocenters. The standard InChI is InChI=1S/C16H17N3O/c1-18-13-4-6-14(7-5-13)19-15-8-3-12(17)10-11(15)2-9-16(19)20/h3-8,10,18H,2,9,17H2,1H3. The van der Waals surface area contributed by atoms with Gasteiger partial charge in [0.15, 0.2) is 0 Å². The van der Waals surface area contributed by atoms with Crippen molar-refractivity contribution in [2.45, 2.75) is 12.8 Å². The molecule has 102 valence electrons. The summed E-state index contributed by atoms with van der Waals surface area (Å²) in [7, 11) is 1.87. The Labute approximate surface area is 118 Å². The fourth-order valence-corrected chi connectivity index (χ4v) is 2.57. The van der Waals surface area contributed by atoms with Gasteiger partial charge in [0.1, 0.15) is 0 Å². The van der Waals surface area contributed by atoms with Crippen LogP contribution in [0.25, 0.3) is 0 Å². The smallest absolute Gasteiger partial charge is 0.231 e. The Morgan fingerprint density at radius 2 is 1.85 bits per heavy atom. The molecule has 1 heterocycles. The summed E-state index contributed by atoms with van der Waals surface area (Å²) in [5.74, 6) is 0.125. The molecule has 1 aliphatic rings. The lowest BCUT2D eigenvalue weighted by atomic mass is 9.99. The number of benzene rings is 2. The van der Waals surface area contributed by atoms with Crippen LogP contribution in [-0.2, 0) is 11.2 Å². The minimum absolute atomic E-state index is 0.125. The van der Waals surface area contributed by atoms with Crippen LogP contribution >= 0.6 is 0 Å². The van der Waals surface area contributed by atoms with Crippen LogP contribution in [0.5, 0.6) is 0 Å². The number of rotatable bonds is 2. The van der Waals surface area contributed by atoms with E-state index in [4.69, 9.17) is 5.73 Å². The molecule has 1 aliphatic heterocycles. The monoisotopic (exact) mass is 267 g/mol. The Hall–Kier alpha value is -2.49. The predicted molar refractivity (Wildman–Crippen MR) is 82.3 cm³/mol. The molecule has 0 saturated heterocycles. The molecule has 0 saturated carbocycles. The lowest BCUT2D eigenvalue weighted by Gasteiger charge is -2.29. The third kappa shape index (κ3) is 2.09. The predicted octanol–water partition coefficient (Wildman–Crippen LogP) is 2.92. The van der Waals surface area contributed by atoms with Crippen molar-refractivity contribution in [1.29, 1.82) is 0 Å². The Morgan fingerprint density at radius 1 is 1.10 bits per heavy atom. The summed E-state index contributed by atoms with van der Waals surface area (Å²) in [4.78, 5) is 14.1. The Kier molecular flexibility index (Phi) is 3.06. The molecule has 2 aromatic rings. The van der Waals surface area contributed by atoms with Gasteiger partial charge in [0.05, 0.1) is 5.69 Å². The first kappa shape index (κ1) is 12.5. The maximum atomic E-state index is 12.3. The van der Waals surface area contributed by atoms with Gasteiger partial charge in [0.25, 0.3) is 0 Å². The van der Waals surface area contributed by atoms with E-state index < -0.39 is 0 Å². The van der Waals surface area contributed by atoms with E-state index in [1.807, 2.05) is 49.5 Å². The molecular weight excluding hydrogens is 250 g/mol. The van der Waals surface area contributed by atoms with E-state index in [1.165, 1.54) is 0 Å². The zero-order valence-electron chi connectivity index (χ0n) is 11.4. The van der Waals surface area contributed by atoms with Gasteiger partial charge in [-0.25, -0.2) is 0 Å². The molecule has 0 aliphatic carbocycles. The van der Waals surface area contributed by atoms with E-state index in [-0.39, 0.29) is 5.91 Å². The molecule has 0 bridgehead atoms. The fraction of sp³-hybridized carbons (Fsp3) is 0.188. The van der Waals surface area contributed by atoms with Crippen molar-refractivity contribution in [3.8, 4) is 0 Å². The summed E-state index contributed by atoms with van der Waals surface area (Å²) in [6.45, 7) is 0. The van der Waals surface area contributed by atoms with Crippen LogP contribution in [0.15, 0.2) is 42.5 Å². The van der Waals surface area contributed by atoms with Crippen LogP contribution in [0.2, 0.25) is 0 Å². The van der Waals surface area contributed by atoms with Gasteiger partial charge in [-0.3, -0.25) is 9.69 Å². The van der Waals surface area contributed by atoms with Crippen LogP contribution in [0.3, 0.4) is 0 Å². The third-order valence-corrected chi connectivity index (χ3v) is 3.62. The van der Waals surface area contributed by atoms with E-state index in [9.17, 15) is 4.79 Å². The first-order chi connectivity index (χ1) is 9.69. The zero-order valence-corrected chi connectivity index (χ0v) is 11.4. The number of aryl methyl sites for hydroxylation is 1. The van der Waals surface area contributed by atoms with Gasteiger partial charge < -0.3 is 11.1 Å². The van der Waals surface area contributed by atoms with Crippen molar-refractivity contribution in [3.05, 3.63) is 48.0 Å². The number of nitrogens with one attached hydrogen (secondary N) is 1. The number of anilines is 4. The number of nitrogen functional groups attached to an aromatic ring is 1. The number of nitrogens with two attached hydrogens (primary N) is 1. The Morgan fingerprint density at radius 3 is 2.55 bits per heavy atom. The van der Waals surface area contributed by atoms with Crippen LogP contribution < -0.4 is 16.0 Å². The normalized spacial score (nSPS) is 14.1. The van der Waals surface area contributed by atoms with E-state index in [2.05, 4.69) is 5.32 Å². The molecule has 3 N–H and O–H groups in total. The topological polar surface area (TPSA) is 58.4 Å². The van der Waals surface area contributed by atoms with Gasteiger partial charge >= 0.3 is 0 Å². The number of carbonyl (C=O) groups is 1. The van der Waals surface area contributed by atoms with Gasteiger partial charge in [-0.05, 0) is 54.4 Å². The van der Waals surface area contributed by atoms with Gasteiger partial charge in [0, 0.05) is 30.5 Å². The van der Waals surface area contributed by atoms with E-state index in [0.29, 0.717) is 6.42 Å². The van der Waals surface area contributed by atoms with Gasteiger partial charge in [-0.1, -0.05) is 0 Å². The summed E-state index contributed by atoms with van der Waals surface area (Å²) in [5, 5.41) is 3.07. The number of fused-ring (bicyclic) bond motifs is 1. The zero-order chi connectivity index (χ0) is 14.1. The highest BCUT2D eigenvalue weighted by Gasteiger charge is 2.25. The average Bonchev–Trinajstić information content (AvgIpc) is 2.48. The van der Waals surface area contributed by atoms with E-state index >= 15 is 0 Å². The van der Waals surface area contributed by atoms with Crippen molar-refractivity contribution < 1.29 is 4.79 Å². The quantitative estimate of drug-likeness (QED) is 0.822. The number of hydrogen-bond acceptors (Lipinski definition) is 3. The second-order valence-electron chi connectivity index (χ2n) is 4.91. The van der Waals surface area contributed by atoms with Crippen LogP contribution in [0, 0.1) is 0 Å². The summed E-state index contributed by atoms with van der Waals surface area (Å²) < 4.78 is 0. The van der Waals surface area contributed by atoms with Crippen LogP contribution in [0.1, 0.15) is 12.0 Å². The molecule has 3 rings (SSSR count). The Bertz CT molecular complexity index is 649. The summed E-state index contributed by atoms with van der Waals surface area (Å²) in [5.41, 5.74) is 10.5. The van der Waals surface area contributed by atoms with Crippen molar-refractivity contribution in [1.82, 2.24) is 0 Å². The molecule has 0 aromatic heterocycles. The minimum Gasteiger partial charge on any atom is -0.399 e. The maximum absolute atomic E-state index is 12.3. The number of nitrogens with zero attached hydrogens (tertiary/aromatic N) is 1. The number of amides is 1. The SMILES string of the molecule is CNc1ccc(N2C(=O)CCc3cc(N)ccc32)cc1. The molecule has 2 aromatic carbocycles. The van der Waals surface area contributed by atoms with Gasteiger partial charge in [-0.2, -0.15) is 0 Å². The average molecular weight is 267 g/mol. The third-order valence-electron chi connectivity index (χ3n) is 3.62. The molecule has 0 radical (unpaired) electrons. The highest BCUT2D eigenvalue weighted by molar-refractivity contribution is 6.03. The highest BCUT2D eigenvalue weighted by Crippen LogP contribution is 2.35. The molecule has 0 fully saturated rings. The molecule has 1 amide bonds. The highest BCUT2D eigenvalue weighted by atomic mass is 16.2. The summed E-state index contributed by atoms with van der Waals surface area (Å²) in [6.07, 6.45) is 1.27. The van der Waals surface area contributed by atoms with Gasteiger partial charge in [-0.15, -0.1) is 0 Å². The molecule has 20 heavy (non-hydrogen) atoms. The molecular formula is C16H17N3O. The van der Waals surface area contributed by atoms with Crippen molar-refractivity contribution in [2.75, 3.05) is 23.0 Å². The second kappa shape index (κ2) is 4.89. The Balaban J connectivity index is 2.05. The lowest BCUT2D eigenvalue weighted by molar-refractivity contribution is -0.118. The lowest BCUT2D eigenvalue weighted by Crippen LogP contribution is -2.30. The number of carbonyl (C=O) groups excluding carboxylic acids is 1. The number of hydrogen-bond donors (Lipinski definition) is 2. The molecule has 0 atom stereocenters. The summed E-state index contributed by atoms with van der Waals surface area (Å²) >= 11 is 0. The minimum atomic E-state index is 0.125. The molecule has 4 heteroatoms. The maximum Gasteiger partial charge on any atom is 0.231 e. The van der Waals surface area contributed by atoms with Gasteiger partial charge in [0.2, 0.25) is 5.91 Å². The summed E-state index contributed by atoms with van der Waals surface area (Å²) in [6, 6.07) is 13.6. The van der Waals surface area contributed by atoms with Crippen LogP contribution in [0.4, 0.5) is 22.7 Å². The van der Waals surface area contributed by atoms with Crippen LogP contribution in [-0.4, -0.2) is 13.0 Å². The van der Waals surface area contributed by atoms with E-state index in [0.717, 1.165) is 34.7 Å². The first-order valence-electron chi connectivity index (χ1n) is 6.68. The van der Waals surface area contributed by atoms with E-state index in [1.54, 1.807) is 4.90 Å². The van der Waals surface area contributed by atoms with Crippen molar-refractivity contribution in [3.63, 3.8) is 0 Å². The molecule has 4 nitrogen and oxygen atoms in total. The fourth-order valence-electron chi connectivity index (χ4n) is 2.57. The molecule has 0 spiro atoms.